The molecular formula is C17H16ClNOS. The largest absolute Gasteiger partial charge is 0.488 e. The molecule has 0 atom stereocenters. The van der Waals surface area contributed by atoms with Crippen LogP contribution in [0.4, 0.5) is 0 Å². The van der Waals surface area contributed by atoms with Gasteiger partial charge in [0.05, 0.1) is 5.56 Å². The fourth-order valence-corrected chi connectivity index (χ4v) is 3.03. The Labute approximate surface area is 134 Å². The van der Waals surface area contributed by atoms with E-state index < -0.39 is 0 Å². The highest BCUT2D eigenvalue weighted by atomic mass is 35.5. The van der Waals surface area contributed by atoms with Gasteiger partial charge in [-0.05, 0) is 54.2 Å². The Morgan fingerprint density at radius 3 is 2.76 bits per heavy atom. The molecule has 0 unspecified atom stereocenters. The number of nitrogens with two attached hydrogens (primary N) is 1. The third-order valence-electron chi connectivity index (χ3n) is 3.77. The predicted octanol–water partition coefficient (Wildman–Crippen LogP) is 4.04. The van der Waals surface area contributed by atoms with Gasteiger partial charge in [0.25, 0.3) is 0 Å². The molecule has 0 saturated carbocycles. The molecule has 3 rings (SSSR count). The van der Waals surface area contributed by atoms with E-state index in [0.29, 0.717) is 22.4 Å². The number of thiocarbonyl (C=S) groups is 1. The maximum Gasteiger partial charge on any atom is 0.131 e. The normalized spacial score (nSPS) is 13.0. The molecule has 108 valence electrons. The van der Waals surface area contributed by atoms with Crippen LogP contribution < -0.4 is 10.5 Å². The van der Waals surface area contributed by atoms with Crippen molar-refractivity contribution in [3.05, 3.63) is 63.7 Å². The third kappa shape index (κ3) is 3.20. The van der Waals surface area contributed by atoms with Crippen LogP contribution in [0.1, 0.15) is 28.7 Å². The molecule has 0 spiro atoms. The first kappa shape index (κ1) is 14.4. The van der Waals surface area contributed by atoms with Gasteiger partial charge >= 0.3 is 0 Å². The van der Waals surface area contributed by atoms with E-state index in [1.165, 1.54) is 30.4 Å². The van der Waals surface area contributed by atoms with Crippen LogP contribution in [0.15, 0.2) is 36.4 Å². The first-order valence-electron chi connectivity index (χ1n) is 6.96. The van der Waals surface area contributed by atoms with Crippen molar-refractivity contribution in [2.45, 2.75) is 25.9 Å². The monoisotopic (exact) mass is 317 g/mol. The van der Waals surface area contributed by atoms with Gasteiger partial charge in [-0.15, -0.1) is 0 Å². The number of rotatable bonds is 4. The lowest BCUT2D eigenvalue weighted by molar-refractivity contribution is 0.305. The Morgan fingerprint density at radius 2 is 1.95 bits per heavy atom. The zero-order valence-electron chi connectivity index (χ0n) is 11.6. The molecule has 2 nitrogen and oxygen atoms in total. The smallest absolute Gasteiger partial charge is 0.131 e. The molecule has 2 aromatic carbocycles. The van der Waals surface area contributed by atoms with E-state index in [2.05, 4.69) is 18.2 Å². The zero-order chi connectivity index (χ0) is 14.8. The third-order valence-corrected chi connectivity index (χ3v) is 4.22. The van der Waals surface area contributed by atoms with Gasteiger partial charge in [-0.1, -0.05) is 42.0 Å². The minimum atomic E-state index is 0.315. The van der Waals surface area contributed by atoms with E-state index in [4.69, 9.17) is 34.3 Å². The van der Waals surface area contributed by atoms with Crippen molar-refractivity contribution in [3.8, 4) is 5.75 Å². The lowest BCUT2D eigenvalue weighted by Crippen LogP contribution is -2.11. The average Bonchev–Trinajstić information content (AvgIpc) is 2.92. The SMILES string of the molecule is NC(=S)c1ccc(Cl)cc1OCc1ccc2c(c1)CCC2. The number of halogens is 1. The molecule has 0 aliphatic heterocycles. The van der Waals surface area contributed by atoms with Gasteiger partial charge < -0.3 is 10.5 Å². The highest BCUT2D eigenvalue weighted by Crippen LogP contribution is 2.26. The van der Waals surface area contributed by atoms with Crippen LogP contribution in [-0.2, 0) is 19.4 Å². The van der Waals surface area contributed by atoms with Crippen LogP contribution in [0.25, 0.3) is 0 Å². The summed E-state index contributed by atoms with van der Waals surface area (Å²) in [5.74, 6) is 0.635. The Kier molecular flexibility index (Phi) is 4.13. The van der Waals surface area contributed by atoms with Crippen molar-refractivity contribution in [1.29, 1.82) is 0 Å². The molecule has 0 heterocycles. The summed E-state index contributed by atoms with van der Waals surface area (Å²) in [5.41, 5.74) is 10.5. The van der Waals surface area contributed by atoms with Crippen LogP contribution in [0, 0.1) is 0 Å². The minimum Gasteiger partial charge on any atom is -0.488 e. The Balaban J connectivity index is 1.78. The molecule has 0 saturated heterocycles. The van der Waals surface area contributed by atoms with Gasteiger partial charge in [0.2, 0.25) is 0 Å². The number of aryl methyl sites for hydroxylation is 2. The number of hydrogen-bond donors (Lipinski definition) is 1. The molecule has 0 bridgehead atoms. The number of ether oxygens (including phenoxy) is 1. The second-order valence-corrected chi connectivity index (χ2v) is 6.13. The van der Waals surface area contributed by atoms with Crippen LogP contribution in [0.3, 0.4) is 0 Å². The molecule has 21 heavy (non-hydrogen) atoms. The molecule has 0 radical (unpaired) electrons. The summed E-state index contributed by atoms with van der Waals surface area (Å²) in [5, 5.41) is 0.610. The van der Waals surface area contributed by atoms with Gasteiger partial charge in [0.1, 0.15) is 17.3 Å². The maximum absolute atomic E-state index is 6.02. The molecule has 0 aromatic heterocycles. The van der Waals surface area contributed by atoms with Crippen molar-refractivity contribution in [3.63, 3.8) is 0 Å². The molecule has 2 aromatic rings. The summed E-state index contributed by atoms with van der Waals surface area (Å²) in [6.07, 6.45) is 3.61. The van der Waals surface area contributed by atoms with Crippen LogP contribution in [0.5, 0.6) is 5.75 Å². The summed E-state index contributed by atoms with van der Waals surface area (Å²) in [7, 11) is 0. The lowest BCUT2D eigenvalue weighted by Gasteiger charge is -2.12. The van der Waals surface area contributed by atoms with E-state index in [1.807, 2.05) is 0 Å². The highest BCUT2D eigenvalue weighted by Gasteiger charge is 2.12. The van der Waals surface area contributed by atoms with Crippen molar-refractivity contribution in [2.75, 3.05) is 0 Å². The van der Waals surface area contributed by atoms with Crippen molar-refractivity contribution < 1.29 is 4.74 Å². The van der Waals surface area contributed by atoms with Gasteiger partial charge in [0.15, 0.2) is 0 Å². The second kappa shape index (κ2) is 6.04. The summed E-state index contributed by atoms with van der Waals surface area (Å²) >= 11 is 11.1. The van der Waals surface area contributed by atoms with E-state index in [0.717, 1.165) is 11.1 Å². The fourth-order valence-electron chi connectivity index (χ4n) is 2.70. The van der Waals surface area contributed by atoms with Crippen molar-refractivity contribution in [2.24, 2.45) is 5.73 Å². The molecule has 4 heteroatoms. The van der Waals surface area contributed by atoms with Crippen LogP contribution in [0.2, 0.25) is 5.02 Å². The minimum absolute atomic E-state index is 0.315. The molecule has 1 aliphatic carbocycles. The molecule has 0 fully saturated rings. The van der Waals surface area contributed by atoms with Gasteiger partial charge in [0, 0.05) is 5.02 Å². The maximum atomic E-state index is 6.02. The molecule has 1 aliphatic rings. The highest BCUT2D eigenvalue weighted by molar-refractivity contribution is 7.80. The second-order valence-electron chi connectivity index (χ2n) is 5.25. The average molecular weight is 318 g/mol. The summed E-state index contributed by atoms with van der Waals surface area (Å²) in [6, 6.07) is 11.9. The fraction of sp³-hybridized carbons (Fsp3) is 0.235. The quantitative estimate of drug-likeness (QED) is 0.864. The zero-order valence-corrected chi connectivity index (χ0v) is 13.1. The Morgan fingerprint density at radius 1 is 1.14 bits per heavy atom. The van der Waals surface area contributed by atoms with Crippen molar-refractivity contribution in [1.82, 2.24) is 0 Å². The Hall–Kier alpha value is -1.58. The van der Waals surface area contributed by atoms with Crippen LogP contribution >= 0.6 is 23.8 Å². The Bertz CT molecular complexity index is 699. The number of fused-ring (bicyclic) bond motifs is 1. The van der Waals surface area contributed by atoms with Crippen LogP contribution in [-0.4, -0.2) is 4.99 Å². The molecule has 0 amide bonds. The molecule has 2 N–H and O–H groups in total. The van der Waals surface area contributed by atoms with E-state index in [1.54, 1.807) is 18.2 Å². The summed E-state index contributed by atoms with van der Waals surface area (Å²) < 4.78 is 5.87. The predicted molar refractivity (Wildman–Crippen MR) is 90.1 cm³/mol. The topological polar surface area (TPSA) is 35.2 Å². The van der Waals surface area contributed by atoms with E-state index in [9.17, 15) is 0 Å². The first-order chi connectivity index (χ1) is 10.1. The standard InChI is InChI=1S/C17H16ClNOS/c18-14-6-7-15(17(19)21)16(9-14)20-10-11-4-5-12-2-1-3-13(12)8-11/h4-9H,1-3,10H2,(H2,19,21). The molecular weight excluding hydrogens is 302 g/mol. The summed E-state index contributed by atoms with van der Waals surface area (Å²) in [4.78, 5) is 0.315. The number of benzene rings is 2. The van der Waals surface area contributed by atoms with E-state index in [-0.39, 0.29) is 0 Å². The van der Waals surface area contributed by atoms with Gasteiger partial charge in [-0.25, -0.2) is 0 Å². The lowest BCUT2D eigenvalue weighted by atomic mass is 10.1. The van der Waals surface area contributed by atoms with Gasteiger partial charge in [-0.3, -0.25) is 0 Å². The number of hydrogen-bond acceptors (Lipinski definition) is 2. The van der Waals surface area contributed by atoms with Gasteiger partial charge in [-0.2, -0.15) is 0 Å². The summed E-state index contributed by atoms with van der Waals surface area (Å²) in [6.45, 7) is 0.489. The van der Waals surface area contributed by atoms with Crippen molar-refractivity contribution >= 4 is 28.8 Å². The van der Waals surface area contributed by atoms with E-state index >= 15 is 0 Å². The first-order valence-corrected chi connectivity index (χ1v) is 7.75.